The minimum atomic E-state index is -0.287. The summed E-state index contributed by atoms with van der Waals surface area (Å²) >= 11 is 0. The molecule has 6 heteroatoms. The van der Waals surface area contributed by atoms with Gasteiger partial charge in [-0.1, -0.05) is 0 Å². The van der Waals surface area contributed by atoms with Crippen LogP contribution in [-0.4, -0.2) is 40.0 Å². The number of urea groups is 1. The lowest BCUT2D eigenvalue weighted by molar-refractivity contribution is 0.198. The molecule has 2 N–H and O–H groups in total. The first-order valence-corrected chi connectivity index (χ1v) is 6.05. The van der Waals surface area contributed by atoms with E-state index in [0.717, 1.165) is 0 Å². The average molecular weight is 268 g/mol. The first-order chi connectivity index (χ1) is 9.21. The zero-order chi connectivity index (χ0) is 14.1. The van der Waals surface area contributed by atoms with Gasteiger partial charge in [0.25, 0.3) is 0 Å². The summed E-state index contributed by atoms with van der Waals surface area (Å²) in [6.07, 6.45) is 0. The highest BCUT2D eigenvalue weighted by atomic mass is 16.5. The highest BCUT2D eigenvalue weighted by Crippen LogP contribution is 2.30. The summed E-state index contributed by atoms with van der Waals surface area (Å²) in [6, 6.07) is 4.93. The summed E-state index contributed by atoms with van der Waals surface area (Å²) < 4.78 is 15.4. The molecular formula is C13H20N2O4. The van der Waals surface area contributed by atoms with Gasteiger partial charge in [0.05, 0.1) is 20.3 Å². The van der Waals surface area contributed by atoms with Crippen LogP contribution in [0, 0.1) is 0 Å². The minimum Gasteiger partial charge on any atom is -0.493 e. The monoisotopic (exact) mass is 268 g/mol. The van der Waals surface area contributed by atoms with Crippen molar-refractivity contribution in [2.24, 2.45) is 0 Å². The number of nitrogens with one attached hydrogen (secondary N) is 2. The van der Waals surface area contributed by atoms with Crippen LogP contribution in [0.5, 0.6) is 11.5 Å². The van der Waals surface area contributed by atoms with Crippen molar-refractivity contribution in [2.45, 2.75) is 6.92 Å². The number of rotatable bonds is 7. The largest absolute Gasteiger partial charge is 0.493 e. The Kier molecular flexibility index (Phi) is 6.52. The Hall–Kier alpha value is -1.95. The molecule has 1 rings (SSSR count). The van der Waals surface area contributed by atoms with Crippen LogP contribution >= 0.6 is 0 Å². The molecule has 0 aliphatic rings. The van der Waals surface area contributed by atoms with Crippen LogP contribution in [-0.2, 0) is 4.74 Å². The van der Waals surface area contributed by atoms with Gasteiger partial charge in [-0.3, -0.25) is 0 Å². The molecule has 0 saturated carbocycles. The zero-order valence-corrected chi connectivity index (χ0v) is 11.5. The molecule has 0 aliphatic heterocycles. The van der Waals surface area contributed by atoms with Crippen LogP contribution in [0.2, 0.25) is 0 Å². The van der Waals surface area contributed by atoms with Crippen molar-refractivity contribution in [3.05, 3.63) is 18.2 Å². The molecule has 6 nitrogen and oxygen atoms in total. The van der Waals surface area contributed by atoms with E-state index in [-0.39, 0.29) is 6.03 Å². The second-order valence-electron chi connectivity index (χ2n) is 3.67. The highest BCUT2D eigenvalue weighted by Gasteiger charge is 2.07. The molecule has 0 fully saturated rings. The van der Waals surface area contributed by atoms with Gasteiger partial charge in [-0.25, -0.2) is 4.79 Å². The first-order valence-electron chi connectivity index (χ1n) is 6.05. The van der Waals surface area contributed by atoms with Crippen LogP contribution in [0.15, 0.2) is 18.2 Å². The van der Waals surface area contributed by atoms with E-state index in [1.54, 1.807) is 32.4 Å². The molecule has 0 atom stereocenters. The van der Waals surface area contributed by atoms with Crippen molar-refractivity contribution in [3.8, 4) is 11.5 Å². The van der Waals surface area contributed by atoms with Crippen LogP contribution in [0.4, 0.5) is 10.5 Å². The van der Waals surface area contributed by atoms with Crippen molar-refractivity contribution >= 4 is 11.7 Å². The summed E-state index contributed by atoms with van der Waals surface area (Å²) in [5, 5.41) is 5.37. The standard InChI is InChI=1S/C13H20N2O4/c1-4-19-12-9-10(5-6-11(12)18-3)15-13(16)14-7-8-17-2/h5-6,9H,4,7-8H2,1-3H3,(H2,14,15,16). The van der Waals surface area contributed by atoms with E-state index in [0.29, 0.717) is 36.9 Å². The normalized spacial score (nSPS) is 9.84. The topological polar surface area (TPSA) is 68.8 Å². The molecular weight excluding hydrogens is 248 g/mol. The lowest BCUT2D eigenvalue weighted by Crippen LogP contribution is -2.31. The predicted molar refractivity (Wildman–Crippen MR) is 73.1 cm³/mol. The third-order valence-corrected chi connectivity index (χ3v) is 2.31. The maximum Gasteiger partial charge on any atom is 0.319 e. The molecule has 106 valence electrons. The lowest BCUT2D eigenvalue weighted by Gasteiger charge is -2.12. The molecule has 0 unspecified atom stereocenters. The van der Waals surface area contributed by atoms with Gasteiger partial charge in [0.15, 0.2) is 11.5 Å². The quantitative estimate of drug-likeness (QED) is 0.741. The fraction of sp³-hybridized carbons (Fsp3) is 0.462. The number of carbonyl (C=O) groups excluding carboxylic acids is 1. The van der Waals surface area contributed by atoms with Gasteiger partial charge < -0.3 is 24.8 Å². The smallest absolute Gasteiger partial charge is 0.319 e. The Bertz CT molecular complexity index is 410. The molecule has 1 aromatic rings. The first kappa shape index (κ1) is 15.1. The van der Waals surface area contributed by atoms with Crippen molar-refractivity contribution in [3.63, 3.8) is 0 Å². The summed E-state index contributed by atoms with van der Waals surface area (Å²) in [6.45, 7) is 3.34. The summed E-state index contributed by atoms with van der Waals surface area (Å²) in [7, 11) is 3.15. The molecule has 0 heterocycles. The van der Waals surface area contributed by atoms with E-state index in [1.807, 2.05) is 6.92 Å². The molecule has 0 spiro atoms. The molecule has 0 bridgehead atoms. The Morgan fingerprint density at radius 1 is 1.26 bits per heavy atom. The molecule has 0 aliphatic carbocycles. The maximum absolute atomic E-state index is 11.6. The number of methoxy groups -OCH3 is 2. The van der Waals surface area contributed by atoms with Crippen molar-refractivity contribution in [2.75, 3.05) is 39.3 Å². The van der Waals surface area contributed by atoms with E-state index in [4.69, 9.17) is 14.2 Å². The van der Waals surface area contributed by atoms with Gasteiger partial charge in [0.1, 0.15) is 0 Å². The molecule has 0 aromatic heterocycles. The number of anilines is 1. The summed E-state index contributed by atoms with van der Waals surface area (Å²) in [5.41, 5.74) is 0.638. The van der Waals surface area contributed by atoms with Gasteiger partial charge in [0.2, 0.25) is 0 Å². The van der Waals surface area contributed by atoms with Crippen LogP contribution in [0.3, 0.4) is 0 Å². The number of ether oxygens (including phenoxy) is 3. The molecule has 2 amide bonds. The molecule has 1 aromatic carbocycles. The number of hydrogen-bond acceptors (Lipinski definition) is 4. The van der Waals surface area contributed by atoms with Crippen molar-refractivity contribution in [1.29, 1.82) is 0 Å². The Balaban J connectivity index is 2.63. The third kappa shape index (κ3) is 5.05. The third-order valence-electron chi connectivity index (χ3n) is 2.31. The maximum atomic E-state index is 11.6. The summed E-state index contributed by atoms with van der Waals surface area (Å²) in [5.74, 6) is 1.23. The molecule has 0 radical (unpaired) electrons. The number of amides is 2. The SMILES string of the molecule is CCOc1cc(NC(=O)NCCOC)ccc1OC. The van der Waals surface area contributed by atoms with E-state index < -0.39 is 0 Å². The van der Waals surface area contributed by atoms with Crippen LogP contribution < -0.4 is 20.1 Å². The van der Waals surface area contributed by atoms with E-state index >= 15 is 0 Å². The number of hydrogen-bond donors (Lipinski definition) is 2. The second-order valence-corrected chi connectivity index (χ2v) is 3.67. The van der Waals surface area contributed by atoms with Crippen LogP contribution in [0.1, 0.15) is 6.92 Å². The van der Waals surface area contributed by atoms with Crippen molar-refractivity contribution in [1.82, 2.24) is 5.32 Å². The van der Waals surface area contributed by atoms with Crippen molar-refractivity contribution < 1.29 is 19.0 Å². The summed E-state index contributed by atoms with van der Waals surface area (Å²) in [4.78, 5) is 11.6. The predicted octanol–water partition coefficient (Wildman–Crippen LogP) is 1.86. The van der Waals surface area contributed by atoms with E-state index in [2.05, 4.69) is 10.6 Å². The molecule has 19 heavy (non-hydrogen) atoms. The van der Waals surface area contributed by atoms with Gasteiger partial charge >= 0.3 is 6.03 Å². The fourth-order valence-corrected chi connectivity index (χ4v) is 1.46. The highest BCUT2D eigenvalue weighted by molar-refractivity contribution is 5.89. The van der Waals surface area contributed by atoms with Gasteiger partial charge in [-0.05, 0) is 19.1 Å². The Labute approximate surface area is 113 Å². The minimum absolute atomic E-state index is 0.287. The lowest BCUT2D eigenvalue weighted by atomic mass is 10.2. The Morgan fingerprint density at radius 2 is 2.05 bits per heavy atom. The van der Waals surface area contributed by atoms with E-state index in [9.17, 15) is 4.79 Å². The number of carbonyl (C=O) groups is 1. The Morgan fingerprint density at radius 3 is 2.68 bits per heavy atom. The van der Waals surface area contributed by atoms with E-state index in [1.165, 1.54) is 0 Å². The van der Waals surface area contributed by atoms with Gasteiger partial charge in [-0.2, -0.15) is 0 Å². The second kappa shape index (κ2) is 8.20. The average Bonchev–Trinajstić information content (AvgIpc) is 2.40. The van der Waals surface area contributed by atoms with Gasteiger partial charge in [0, 0.05) is 25.4 Å². The van der Waals surface area contributed by atoms with Crippen LogP contribution in [0.25, 0.3) is 0 Å². The zero-order valence-electron chi connectivity index (χ0n) is 11.5. The van der Waals surface area contributed by atoms with Gasteiger partial charge in [-0.15, -0.1) is 0 Å². The fourth-order valence-electron chi connectivity index (χ4n) is 1.46. The number of benzene rings is 1. The molecule has 0 saturated heterocycles.